The molecule has 1 aromatic rings. The van der Waals surface area contributed by atoms with Crippen LogP contribution >= 0.6 is 12.2 Å². The molecule has 2 rings (SSSR count). The third-order valence-electron chi connectivity index (χ3n) is 3.76. The highest BCUT2D eigenvalue weighted by Gasteiger charge is 2.37. The quantitative estimate of drug-likeness (QED) is 0.792. The van der Waals surface area contributed by atoms with Crippen molar-refractivity contribution in [3.05, 3.63) is 29.8 Å². The summed E-state index contributed by atoms with van der Waals surface area (Å²) in [6, 6.07) is 7.42. The fourth-order valence-corrected chi connectivity index (χ4v) is 2.47. The Balaban J connectivity index is 1.91. The van der Waals surface area contributed by atoms with Crippen LogP contribution in [-0.4, -0.2) is 47.6 Å². The topological polar surface area (TPSA) is 67.6 Å². The second-order valence-electron chi connectivity index (χ2n) is 5.54. The molecule has 6 heteroatoms. The number of thiocarbonyl (C=S) groups is 1. The number of rotatable bonds is 5. The van der Waals surface area contributed by atoms with Crippen molar-refractivity contribution in [3.8, 4) is 5.75 Å². The van der Waals surface area contributed by atoms with Gasteiger partial charge in [0, 0.05) is 25.2 Å². The maximum Gasteiger partial charge on any atom is 0.240 e. The third kappa shape index (κ3) is 3.71. The number of nitrogens with zero attached hydrogens (tertiary/aromatic N) is 1. The minimum atomic E-state index is -0.498. The van der Waals surface area contributed by atoms with Crippen molar-refractivity contribution in [2.75, 3.05) is 26.2 Å². The molecular weight excluding hydrogens is 286 g/mol. The summed E-state index contributed by atoms with van der Waals surface area (Å²) in [5.74, 6) is 0.795. The zero-order chi connectivity index (χ0) is 15.5. The number of benzene rings is 1. The molecule has 1 heterocycles. The van der Waals surface area contributed by atoms with Crippen LogP contribution in [0.5, 0.6) is 5.75 Å². The number of carbonyl (C=O) groups is 1. The van der Waals surface area contributed by atoms with Gasteiger partial charge in [-0.2, -0.15) is 0 Å². The molecule has 1 aliphatic heterocycles. The number of hydrogen-bond donors (Lipinski definition) is 2. The standard InChI is InChI=1S/C15H21N3O2S/c1-15(2)14(19)17-6-7-18(15)8-9-20-12-5-3-4-11(10-12)13(16)21/h3-5,10H,6-9H2,1-2H3,(H2,16,21)(H,17,19). The lowest BCUT2D eigenvalue weighted by molar-refractivity contribution is -0.135. The van der Waals surface area contributed by atoms with Crippen LogP contribution in [0.25, 0.3) is 0 Å². The smallest absolute Gasteiger partial charge is 0.240 e. The van der Waals surface area contributed by atoms with Gasteiger partial charge in [-0.15, -0.1) is 0 Å². The molecule has 3 N–H and O–H groups in total. The van der Waals surface area contributed by atoms with E-state index in [4.69, 9.17) is 22.7 Å². The van der Waals surface area contributed by atoms with Crippen LogP contribution < -0.4 is 15.8 Å². The van der Waals surface area contributed by atoms with Crippen molar-refractivity contribution in [2.24, 2.45) is 5.73 Å². The predicted molar refractivity (Wildman–Crippen MR) is 86.5 cm³/mol. The second kappa shape index (κ2) is 6.41. The van der Waals surface area contributed by atoms with E-state index in [1.54, 1.807) is 0 Å². The Hall–Kier alpha value is -1.66. The van der Waals surface area contributed by atoms with Crippen molar-refractivity contribution in [1.29, 1.82) is 0 Å². The predicted octanol–water partition coefficient (Wildman–Crippen LogP) is 0.910. The molecule has 114 valence electrons. The largest absolute Gasteiger partial charge is 0.492 e. The van der Waals surface area contributed by atoms with Gasteiger partial charge >= 0.3 is 0 Å². The van der Waals surface area contributed by atoms with E-state index in [2.05, 4.69) is 10.2 Å². The minimum Gasteiger partial charge on any atom is -0.492 e. The number of carbonyl (C=O) groups excluding carboxylic acids is 1. The van der Waals surface area contributed by atoms with Crippen molar-refractivity contribution >= 4 is 23.1 Å². The highest BCUT2D eigenvalue weighted by molar-refractivity contribution is 7.80. The summed E-state index contributed by atoms with van der Waals surface area (Å²) >= 11 is 4.95. The Morgan fingerprint density at radius 2 is 2.29 bits per heavy atom. The van der Waals surface area contributed by atoms with E-state index in [0.717, 1.165) is 17.9 Å². The van der Waals surface area contributed by atoms with Gasteiger partial charge in [0.15, 0.2) is 0 Å². The first kappa shape index (κ1) is 15.7. The lowest BCUT2D eigenvalue weighted by atomic mass is 9.99. The second-order valence-corrected chi connectivity index (χ2v) is 5.98. The number of nitrogens with two attached hydrogens (primary N) is 1. The summed E-state index contributed by atoms with van der Waals surface area (Å²) in [4.78, 5) is 14.3. The highest BCUT2D eigenvalue weighted by atomic mass is 32.1. The summed E-state index contributed by atoms with van der Waals surface area (Å²) in [5.41, 5.74) is 5.90. The molecule has 1 aliphatic rings. The SMILES string of the molecule is CC1(C)C(=O)NCCN1CCOc1cccc(C(N)=S)c1. The van der Waals surface area contributed by atoms with Gasteiger partial charge in [-0.05, 0) is 26.0 Å². The molecular formula is C15H21N3O2S. The summed E-state index contributed by atoms with van der Waals surface area (Å²) < 4.78 is 5.74. The minimum absolute atomic E-state index is 0.0595. The molecule has 0 radical (unpaired) electrons. The Morgan fingerprint density at radius 1 is 1.52 bits per heavy atom. The molecule has 0 bridgehead atoms. The fourth-order valence-electron chi connectivity index (χ4n) is 2.35. The summed E-state index contributed by atoms with van der Waals surface area (Å²) in [7, 11) is 0. The number of piperazine rings is 1. The maximum atomic E-state index is 11.9. The van der Waals surface area contributed by atoms with Gasteiger partial charge in [0.2, 0.25) is 5.91 Å². The van der Waals surface area contributed by atoms with E-state index in [-0.39, 0.29) is 5.91 Å². The third-order valence-corrected chi connectivity index (χ3v) is 4.00. The molecule has 5 nitrogen and oxygen atoms in total. The molecule has 0 aliphatic carbocycles. The van der Waals surface area contributed by atoms with Crippen LogP contribution in [0, 0.1) is 0 Å². The first-order valence-corrected chi connectivity index (χ1v) is 7.38. The zero-order valence-corrected chi connectivity index (χ0v) is 13.2. The van der Waals surface area contributed by atoms with Crippen LogP contribution in [0.15, 0.2) is 24.3 Å². The van der Waals surface area contributed by atoms with Gasteiger partial charge in [-0.25, -0.2) is 0 Å². The Labute approximate surface area is 130 Å². The van der Waals surface area contributed by atoms with E-state index >= 15 is 0 Å². The maximum absolute atomic E-state index is 11.9. The Morgan fingerprint density at radius 3 is 3.00 bits per heavy atom. The van der Waals surface area contributed by atoms with Crippen molar-refractivity contribution in [1.82, 2.24) is 10.2 Å². The molecule has 1 aromatic carbocycles. The molecule has 0 aromatic heterocycles. The number of ether oxygens (including phenoxy) is 1. The van der Waals surface area contributed by atoms with Gasteiger partial charge in [0.05, 0.1) is 5.54 Å². The molecule has 0 spiro atoms. The first-order chi connectivity index (χ1) is 9.91. The van der Waals surface area contributed by atoms with Gasteiger partial charge < -0.3 is 15.8 Å². The molecule has 1 saturated heterocycles. The number of hydrogen-bond acceptors (Lipinski definition) is 4. The molecule has 0 unspecified atom stereocenters. The van der Waals surface area contributed by atoms with E-state index in [0.29, 0.717) is 24.7 Å². The lowest BCUT2D eigenvalue weighted by Gasteiger charge is -2.41. The van der Waals surface area contributed by atoms with Crippen LogP contribution in [0.1, 0.15) is 19.4 Å². The van der Waals surface area contributed by atoms with Crippen molar-refractivity contribution in [2.45, 2.75) is 19.4 Å². The normalized spacial score (nSPS) is 18.1. The summed E-state index contributed by atoms with van der Waals surface area (Å²) in [6.45, 7) is 6.56. The number of amides is 1. The van der Waals surface area contributed by atoms with Crippen LogP contribution in [0.4, 0.5) is 0 Å². The van der Waals surface area contributed by atoms with E-state index in [9.17, 15) is 4.79 Å². The fraction of sp³-hybridized carbons (Fsp3) is 0.467. The monoisotopic (exact) mass is 307 g/mol. The first-order valence-electron chi connectivity index (χ1n) is 6.97. The summed E-state index contributed by atoms with van der Waals surface area (Å²) in [5, 5.41) is 2.88. The van der Waals surface area contributed by atoms with Gasteiger partial charge in [-0.3, -0.25) is 9.69 Å². The molecule has 1 fully saturated rings. The van der Waals surface area contributed by atoms with Crippen molar-refractivity contribution < 1.29 is 9.53 Å². The van der Waals surface area contributed by atoms with Crippen LogP contribution in [0.3, 0.4) is 0 Å². The molecule has 0 atom stereocenters. The Kier molecular flexibility index (Phi) is 4.80. The number of nitrogens with one attached hydrogen (secondary N) is 1. The average molecular weight is 307 g/mol. The average Bonchev–Trinajstić information content (AvgIpc) is 2.44. The Bertz CT molecular complexity index is 545. The molecule has 21 heavy (non-hydrogen) atoms. The molecule has 1 amide bonds. The zero-order valence-electron chi connectivity index (χ0n) is 12.4. The summed E-state index contributed by atoms with van der Waals surface area (Å²) in [6.07, 6.45) is 0. The molecule has 0 saturated carbocycles. The van der Waals surface area contributed by atoms with E-state index in [1.807, 2.05) is 38.1 Å². The van der Waals surface area contributed by atoms with E-state index in [1.165, 1.54) is 0 Å². The van der Waals surface area contributed by atoms with Crippen LogP contribution in [0.2, 0.25) is 0 Å². The van der Waals surface area contributed by atoms with Gasteiger partial charge in [-0.1, -0.05) is 24.4 Å². The van der Waals surface area contributed by atoms with Gasteiger partial charge in [0.25, 0.3) is 0 Å². The van der Waals surface area contributed by atoms with Gasteiger partial charge in [0.1, 0.15) is 17.3 Å². The van der Waals surface area contributed by atoms with Crippen LogP contribution in [-0.2, 0) is 4.79 Å². The van der Waals surface area contributed by atoms with E-state index < -0.39 is 5.54 Å². The lowest BCUT2D eigenvalue weighted by Crippen LogP contribution is -2.62. The highest BCUT2D eigenvalue weighted by Crippen LogP contribution is 2.18. The van der Waals surface area contributed by atoms with Crippen molar-refractivity contribution in [3.63, 3.8) is 0 Å².